The number of carbonyl (C=O) groups is 1. The standard InChI is InChI=1S/C14H29N3O/c1-5-8-16(6-2)10-11-17-9-7-13(14(17)18)15-12(3)4/h12-13,15H,5-11H2,1-4H3. The van der Waals surface area contributed by atoms with Crippen LogP contribution >= 0.6 is 0 Å². The Kier molecular flexibility index (Phi) is 6.65. The van der Waals surface area contributed by atoms with Gasteiger partial charge in [-0.3, -0.25) is 4.79 Å². The van der Waals surface area contributed by atoms with Gasteiger partial charge in [0.05, 0.1) is 6.04 Å². The fourth-order valence-electron chi connectivity index (χ4n) is 2.52. The first-order valence-electron chi connectivity index (χ1n) is 7.35. The maximum Gasteiger partial charge on any atom is 0.239 e. The number of nitrogens with one attached hydrogen (secondary N) is 1. The van der Waals surface area contributed by atoms with Crippen molar-refractivity contribution in [3.8, 4) is 0 Å². The molecule has 1 aliphatic rings. The SMILES string of the molecule is CCCN(CC)CCN1CCC(NC(C)C)C1=O. The van der Waals surface area contributed by atoms with E-state index in [2.05, 4.69) is 37.9 Å². The Morgan fingerprint density at radius 3 is 2.67 bits per heavy atom. The van der Waals surface area contributed by atoms with Crippen molar-refractivity contribution in [3.05, 3.63) is 0 Å². The predicted molar refractivity (Wildman–Crippen MR) is 75.7 cm³/mol. The summed E-state index contributed by atoms with van der Waals surface area (Å²) in [5, 5.41) is 3.34. The van der Waals surface area contributed by atoms with Crippen LogP contribution in [0.25, 0.3) is 0 Å². The topological polar surface area (TPSA) is 35.6 Å². The van der Waals surface area contributed by atoms with Gasteiger partial charge in [-0.15, -0.1) is 0 Å². The van der Waals surface area contributed by atoms with E-state index in [9.17, 15) is 4.79 Å². The summed E-state index contributed by atoms with van der Waals surface area (Å²) in [6.07, 6.45) is 2.14. The molecule has 0 aliphatic carbocycles. The molecule has 1 N–H and O–H groups in total. The Bertz CT molecular complexity index is 255. The monoisotopic (exact) mass is 255 g/mol. The molecule has 0 saturated carbocycles. The van der Waals surface area contributed by atoms with Crippen LogP contribution in [0.15, 0.2) is 0 Å². The fraction of sp³-hybridized carbons (Fsp3) is 0.929. The van der Waals surface area contributed by atoms with Crippen molar-refractivity contribution in [1.29, 1.82) is 0 Å². The highest BCUT2D eigenvalue weighted by Crippen LogP contribution is 2.11. The molecule has 0 spiro atoms. The summed E-state index contributed by atoms with van der Waals surface area (Å²) in [7, 11) is 0. The molecule has 0 aromatic carbocycles. The molecule has 1 heterocycles. The lowest BCUT2D eigenvalue weighted by atomic mass is 10.2. The van der Waals surface area contributed by atoms with Crippen molar-refractivity contribution >= 4 is 5.91 Å². The summed E-state index contributed by atoms with van der Waals surface area (Å²) in [6, 6.07) is 0.428. The number of nitrogens with zero attached hydrogens (tertiary/aromatic N) is 2. The minimum absolute atomic E-state index is 0.0475. The molecule has 0 bridgehead atoms. The second-order valence-electron chi connectivity index (χ2n) is 5.42. The number of hydrogen-bond acceptors (Lipinski definition) is 3. The van der Waals surface area contributed by atoms with Gasteiger partial charge < -0.3 is 15.1 Å². The molecule has 18 heavy (non-hydrogen) atoms. The summed E-state index contributed by atoms with van der Waals surface area (Å²) < 4.78 is 0. The minimum atomic E-state index is 0.0475. The molecule has 4 nitrogen and oxygen atoms in total. The fourth-order valence-corrected chi connectivity index (χ4v) is 2.52. The summed E-state index contributed by atoms with van der Waals surface area (Å²) in [5.41, 5.74) is 0. The van der Waals surface area contributed by atoms with Crippen LogP contribution in [0.4, 0.5) is 0 Å². The van der Waals surface area contributed by atoms with Gasteiger partial charge in [0, 0.05) is 25.7 Å². The molecule has 1 rings (SSSR count). The van der Waals surface area contributed by atoms with E-state index in [0.717, 1.165) is 39.1 Å². The summed E-state index contributed by atoms with van der Waals surface area (Å²) >= 11 is 0. The Morgan fingerprint density at radius 2 is 2.11 bits per heavy atom. The molecule has 0 radical (unpaired) electrons. The van der Waals surface area contributed by atoms with E-state index >= 15 is 0 Å². The van der Waals surface area contributed by atoms with E-state index < -0.39 is 0 Å². The number of likely N-dealkylation sites (N-methyl/N-ethyl adjacent to an activating group) is 1. The molecule has 1 unspecified atom stereocenters. The second-order valence-corrected chi connectivity index (χ2v) is 5.42. The van der Waals surface area contributed by atoms with Crippen LogP contribution in [0.1, 0.15) is 40.5 Å². The van der Waals surface area contributed by atoms with Gasteiger partial charge in [-0.05, 0) is 25.9 Å². The van der Waals surface area contributed by atoms with Gasteiger partial charge in [-0.2, -0.15) is 0 Å². The lowest BCUT2D eigenvalue weighted by Gasteiger charge is -2.24. The van der Waals surface area contributed by atoms with Gasteiger partial charge >= 0.3 is 0 Å². The molecule has 1 aliphatic heterocycles. The van der Waals surface area contributed by atoms with E-state index in [4.69, 9.17) is 0 Å². The molecular formula is C14H29N3O. The zero-order valence-electron chi connectivity index (χ0n) is 12.4. The zero-order valence-corrected chi connectivity index (χ0v) is 12.4. The average molecular weight is 255 g/mol. The maximum atomic E-state index is 12.1. The highest BCUT2D eigenvalue weighted by molar-refractivity contribution is 5.84. The van der Waals surface area contributed by atoms with Crippen molar-refractivity contribution in [2.45, 2.75) is 52.6 Å². The van der Waals surface area contributed by atoms with Gasteiger partial charge in [0.25, 0.3) is 0 Å². The van der Waals surface area contributed by atoms with E-state index in [1.807, 2.05) is 4.90 Å². The smallest absolute Gasteiger partial charge is 0.239 e. The van der Waals surface area contributed by atoms with Crippen LogP contribution in [-0.4, -0.2) is 60.5 Å². The van der Waals surface area contributed by atoms with Crippen LogP contribution in [-0.2, 0) is 4.79 Å². The van der Waals surface area contributed by atoms with Crippen molar-refractivity contribution in [1.82, 2.24) is 15.1 Å². The van der Waals surface area contributed by atoms with Crippen LogP contribution in [0.2, 0.25) is 0 Å². The molecule has 0 aromatic rings. The van der Waals surface area contributed by atoms with Crippen LogP contribution in [0.3, 0.4) is 0 Å². The van der Waals surface area contributed by atoms with Crippen molar-refractivity contribution < 1.29 is 4.79 Å². The normalized spacial score (nSPS) is 20.4. The highest BCUT2D eigenvalue weighted by atomic mass is 16.2. The first kappa shape index (κ1) is 15.4. The Labute approximate surface area is 112 Å². The third-order valence-electron chi connectivity index (χ3n) is 3.51. The van der Waals surface area contributed by atoms with E-state index in [1.165, 1.54) is 6.42 Å². The van der Waals surface area contributed by atoms with E-state index in [-0.39, 0.29) is 11.9 Å². The number of rotatable bonds is 8. The van der Waals surface area contributed by atoms with Gasteiger partial charge in [-0.1, -0.05) is 27.7 Å². The molecule has 1 saturated heterocycles. The maximum absolute atomic E-state index is 12.1. The summed E-state index contributed by atoms with van der Waals surface area (Å²) in [4.78, 5) is 16.6. The van der Waals surface area contributed by atoms with Gasteiger partial charge in [0.2, 0.25) is 5.91 Å². The van der Waals surface area contributed by atoms with Crippen molar-refractivity contribution in [2.24, 2.45) is 0 Å². The molecule has 106 valence electrons. The molecule has 4 heteroatoms. The van der Waals surface area contributed by atoms with Gasteiger partial charge in [-0.25, -0.2) is 0 Å². The Morgan fingerprint density at radius 1 is 1.39 bits per heavy atom. The van der Waals surface area contributed by atoms with Crippen LogP contribution in [0.5, 0.6) is 0 Å². The largest absolute Gasteiger partial charge is 0.340 e. The Hall–Kier alpha value is -0.610. The number of amides is 1. The minimum Gasteiger partial charge on any atom is -0.340 e. The quantitative estimate of drug-likeness (QED) is 0.710. The molecule has 1 fully saturated rings. The molecule has 1 amide bonds. The lowest BCUT2D eigenvalue weighted by molar-refractivity contribution is -0.129. The predicted octanol–water partition coefficient (Wildman–Crippen LogP) is 1.32. The lowest BCUT2D eigenvalue weighted by Crippen LogP contribution is -2.43. The molecule has 1 atom stereocenters. The summed E-state index contributed by atoms with van der Waals surface area (Å²) in [5.74, 6) is 0.288. The third kappa shape index (κ3) is 4.58. The number of carbonyl (C=O) groups excluding carboxylic acids is 1. The van der Waals surface area contributed by atoms with Gasteiger partial charge in [0.1, 0.15) is 0 Å². The van der Waals surface area contributed by atoms with E-state index in [0.29, 0.717) is 6.04 Å². The average Bonchev–Trinajstić information content (AvgIpc) is 2.66. The van der Waals surface area contributed by atoms with E-state index in [1.54, 1.807) is 0 Å². The zero-order chi connectivity index (χ0) is 13.5. The van der Waals surface area contributed by atoms with Crippen LogP contribution < -0.4 is 5.32 Å². The van der Waals surface area contributed by atoms with Crippen LogP contribution in [0, 0.1) is 0 Å². The third-order valence-corrected chi connectivity index (χ3v) is 3.51. The number of likely N-dealkylation sites (tertiary alicyclic amines) is 1. The summed E-state index contributed by atoms with van der Waals surface area (Å²) in [6.45, 7) is 13.6. The molecule has 0 aromatic heterocycles. The van der Waals surface area contributed by atoms with Gasteiger partial charge in [0.15, 0.2) is 0 Å². The first-order valence-corrected chi connectivity index (χ1v) is 7.35. The van der Waals surface area contributed by atoms with Crippen molar-refractivity contribution in [2.75, 3.05) is 32.7 Å². The highest BCUT2D eigenvalue weighted by Gasteiger charge is 2.31. The number of hydrogen-bond donors (Lipinski definition) is 1. The first-order chi connectivity index (χ1) is 8.58. The second kappa shape index (κ2) is 7.74. The molecular weight excluding hydrogens is 226 g/mol. The Balaban J connectivity index is 2.33. The van der Waals surface area contributed by atoms with Crippen molar-refractivity contribution in [3.63, 3.8) is 0 Å².